The minimum absolute atomic E-state index is 0.206. The Morgan fingerprint density at radius 3 is 2.46 bits per heavy atom. The summed E-state index contributed by atoms with van der Waals surface area (Å²) in [5, 5.41) is 7.75. The fourth-order valence-corrected chi connectivity index (χ4v) is 1.73. The van der Waals surface area contributed by atoms with Gasteiger partial charge >= 0.3 is 5.97 Å². The SMILES string of the molecule is C=CC(=N\OC)/C(C)=N/Oc1ccccc1/C(=C\OC)C(=O)OC. The van der Waals surface area contributed by atoms with Crippen molar-refractivity contribution in [3.8, 4) is 5.75 Å². The third kappa shape index (κ3) is 4.98. The molecule has 0 atom stereocenters. The van der Waals surface area contributed by atoms with Gasteiger partial charge in [-0.15, -0.1) is 0 Å². The highest BCUT2D eigenvalue weighted by molar-refractivity contribution is 6.45. The van der Waals surface area contributed by atoms with Crippen molar-refractivity contribution < 1.29 is 23.9 Å². The Labute approximate surface area is 140 Å². The van der Waals surface area contributed by atoms with Crippen LogP contribution in [0, 0.1) is 0 Å². The number of benzene rings is 1. The molecule has 128 valence electrons. The van der Waals surface area contributed by atoms with Crippen LogP contribution in [0.15, 0.2) is 53.5 Å². The number of esters is 1. The highest BCUT2D eigenvalue weighted by Crippen LogP contribution is 2.27. The molecule has 0 aliphatic carbocycles. The molecule has 0 N–H and O–H groups in total. The Morgan fingerprint density at radius 2 is 1.88 bits per heavy atom. The number of carbonyl (C=O) groups excluding carboxylic acids is 1. The van der Waals surface area contributed by atoms with Crippen molar-refractivity contribution in [3.05, 3.63) is 48.7 Å². The summed E-state index contributed by atoms with van der Waals surface area (Å²) in [5.74, 6) is -0.201. The van der Waals surface area contributed by atoms with Crippen molar-refractivity contribution in [2.24, 2.45) is 10.3 Å². The molecule has 7 nitrogen and oxygen atoms in total. The maximum Gasteiger partial charge on any atom is 0.341 e. The Hall–Kier alpha value is -3.09. The average molecular weight is 332 g/mol. The number of methoxy groups -OCH3 is 2. The molecule has 0 unspecified atom stereocenters. The number of para-hydroxylation sites is 1. The van der Waals surface area contributed by atoms with E-state index in [0.29, 0.717) is 22.7 Å². The second kappa shape index (κ2) is 9.83. The summed E-state index contributed by atoms with van der Waals surface area (Å²) in [6.07, 6.45) is 2.77. The first-order valence-corrected chi connectivity index (χ1v) is 6.95. The molecule has 24 heavy (non-hydrogen) atoms. The summed E-state index contributed by atoms with van der Waals surface area (Å²) in [6, 6.07) is 6.87. The van der Waals surface area contributed by atoms with Gasteiger partial charge in [0.2, 0.25) is 0 Å². The predicted molar refractivity (Wildman–Crippen MR) is 91.8 cm³/mol. The first-order valence-electron chi connectivity index (χ1n) is 6.95. The quantitative estimate of drug-likeness (QED) is 0.240. The normalized spacial score (nSPS) is 12.4. The molecule has 0 heterocycles. The van der Waals surface area contributed by atoms with Gasteiger partial charge in [-0.25, -0.2) is 4.79 Å². The Bertz CT molecular complexity index is 677. The lowest BCUT2D eigenvalue weighted by Gasteiger charge is -2.10. The van der Waals surface area contributed by atoms with Crippen molar-refractivity contribution in [1.29, 1.82) is 0 Å². The van der Waals surface area contributed by atoms with Gasteiger partial charge in [-0.05, 0) is 19.1 Å². The summed E-state index contributed by atoms with van der Waals surface area (Å²) in [7, 11) is 4.15. The first-order chi connectivity index (χ1) is 11.6. The Balaban J connectivity index is 3.19. The fraction of sp³-hybridized carbons (Fsp3) is 0.235. The second-order valence-corrected chi connectivity index (χ2v) is 4.39. The maximum atomic E-state index is 11.9. The minimum Gasteiger partial charge on any atom is -0.503 e. The van der Waals surface area contributed by atoms with Crippen molar-refractivity contribution in [2.45, 2.75) is 6.92 Å². The number of ether oxygens (including phenoxy) is 2. The van der Waals surface area contributed by atoms with Crippen molar-refractivity contribution in [2.75, 3.05) is 21.3 Å². The van der Waals surface area contributed by atoms with Crippen LogP contribution < -0.4 is 4.84 Å². The Morgan fingerprint density at radius 1 is 1.17 bits per heavy atom. The molecule has 0 radical (unpaired) electrons. The molecular formula is C17H20N2O5. The smallest absolute Gasteiger partial charge is 0.341 e. The zero-order valence-corrected chi connectivity index (χ0v) is 14.1. The molecule has 0 fully saturated rings. The molecule has 0 amide bonds. The van der Waals surface area contributed by atoms with Crippen LogP contribution in [0.3, 0.4) is 0 Å². The highest BCUT2D eigenvalue weighted by atomic mass is 16.6. The third-order valence-corrected chi connectivity index (χ3v) is 2.85. The monoisotopic (exact) mass is 332 g/mol. The van der Waals surface area contributed by atoms with Crippen LogP contribution in [0.25, 0.3) is 5.57 Å². The van der Waals surface area contributed by atoms with Gasteiger partial charge in [-0.1, -0.05) is 35.1 Å². The number of hydrogen-bond acceptors (Lipinski definition) is 7. The predicted octanol–water partition coefficient (Wildman–Crippen LogP) is 2.79. The van der Waals surface area contributed by atoms with Crippen molar-refractivity contribution >= 4 is 23.0 Å². The van der Waals surface area contributed by atoms with Gasteiger partial charge in [-0.3, -0.25) is 0 Å². The van der Waals surface area contributed by atoms with Crippen LogP contribution in [0.4, 0.5) is 0 Å². The van der Waals surface area contributed by atoms with E-state index in [1.54, 1.807) is 31.2 Å². The van der Waals surface area contributed by atoms with Crippen LogP contribution in [0.5, 0.6) is 5.75 Å². The largest absolute Gasteiger partial charge is 0.503 e. The summed E-state index contributed by atoms with van der Waals surface area (Å²) < 4.78 is 9.71. The van der Waals surface area contributed by atoms with E-state index >= 15 is 0 Å². The molecule has 0 saturated carbocycles. The van der Waals surface area contributed by atoms with Gasteiger partial charge in [-0.2, -0.15) is 0 Å². The van der Waals surface area contributed by atoms with Crippen molar-refractivity contribution in [3.63, 3.8) is 0 Å². The van der Waals surface area contributed by atoms with Gasteiger partial charge in [0.25, 0.3) is 0 Å². The zero-order chi connectivity index (χ0) is 17.9. The van der Waals surface area contributed by atoms with E-state index < -0.39 is 5.97 Å². The highest BCUT2D eigenvalue weighted by Gasteiger charge is 2.18. The Kier molecular flexibility index (Phi) is 7.77. The molecule has 0 bridgehead atoms. The summed E-state index contributed by atoms with van der Waals surface area (Å²) in [5.41, 5.74) is 1.57. The number of rotatable bonds is 8. The van der Waals surface area contributed by atoms with Gasteiger partial charge in [0.15, 0.2) is 5.75 Å². The maximum absolute atomic E-state index is 11.9. The molecule has 0 aliphatic heterocycles. The molecule has 1 aromatic rings. The number of carbonyl (C=O) groups is 1. The van der Waals surface area contributed by atoms with Crippen LogP contribution in [-0.4, -0.2) is 38.7 Å². The van der Waals surface area contributed by atoms with E-state index in [0.717, 1.165) is 0 Å². The topological polar surface area (TPSA) is 78.7 Å². The van der Waals surface area contributed by atoms with Crippen molar-refractivity contribution in [1.82, 2.24) is 0 Å². The number of allylic oxidation sites excluding steroid dienone is 1. The third-order valence-electron chi connectivity index (χ3n) is 2.85. The van der Waals surface area contributed by atoms with E-state index in [1.165, 1.54) is 33.7 Å². The van der Waals surface area contributed by atoms with Crippen LogP contribution >= 0.6 is 0 Å². The number of hydrogen-bond donors (Lipinski definition) is 0. The van der Waals surface area contributed by atoms with E-state index in [2.05, 4.69) is 16.9 Å². The lowest BCUT2D eigenvalue weighted by atomic mass is 10.1. The number of oxime groups is 2. The fourth-order valence-electron chi connectivity index (χ4n) is 1.73. The number of nitrogens with zero attached hydrogens (tertiary/aromatic N) is 2. The first kappa shape index (κ1) is 19.0. The average Bonchev–Trinajstić information content (AvgIpc) is 2.61. The lowest BCUT2D eigenvalue weighted by molar-refractivity contribution is -0.133. The van der Waals surface area contributed by atoms with Crippen LogP contribution in [0.1, 0.15) is 12.5 Å². The van der Waals surface area contributed by atoms with E-state index in [9.17, 15) is 4.79 Å². The summed E-state index contributed by atoms with van der Waals surface area (Å²) in [6.45, 7) is 5.31. The van der Waals surface area contributed by atoms with Gasteiger partial charge in [0.1, 0.15) is 24.1 Å². The van der Waals surface area contributed by atoms with Gasteiger partial charge < -0.3 is 19.1 Å². The molecule has 1 rings (SSSR count). The molecule has 0 saturated heterocycles. The van der Waals surface area contributed by atoms with E-state index in [1.807, 2.05) is 0 Å². The summed E-state index contributed by atoms with van der Waals surface area (Å²) >= 11 is 0. The second-order valence-electron chi connectivity index (χ2n) is 4.39. The molecular weight excluding hydrogens is 312 g/mol. The van der Waals surface area contributed by atoms with Crippen LogP contribution in [-0.2, 0) is 19.1 Å². The molecule has 0 aliphatic rings. The van der Waals surface area contributed by atoms with E-state index in [-0.39, 0.29) is 5.57 Å². The van der Waals surface area contributed by atoms with Gasteiger partial charge in [0.05, 0.1) is 20.5 Å². The van der Waals surface area contributed by atoms with Crippen LogP contribution in [0.2, 0.25) is 0 Å². The summed E-state index contributed by atoms with van der Waals surface area (Å²) in [4.78, 5) is 22.1. The zero-order valence-electron chi connectivity index (χ0n) is 14.1. The van der Waals surface area contributed by atoms with Gasteiger partial charge in [0, 0.05) is 5.56 Å². The standard InChI is InChI=1S/C17H20N2O5/c1-6-15(19-23-5)12(2)18-24-16-10-8-7-9-13(16)14(11-21-3)17(20)22-4/h6-11H,1H2,2-5H3/b14-11+,18-12+,19-15+. The molecule has 0 spiro atoms. The van der Waals surface area contributed by atoms with E-state index in [4.69, 9.17) is 19.1 Å². The molecule has 0 aromatic heterocycles. The molecule has 7 heteroatoms. The lowest BCUT2D eigenvalue weighted by Crippen LogP contribution is -2.10. The minimum atomic E-state index is -0.554. The molecule has 1 aromatic carbocycles.